The summed E-state index contributed by atoms with van der Waals surface area (Å²) in [6.45, 7) is 10.1. The van der Waals surface area contributed by atoms with E-state index in [0.717, 1.165) is 18.4 Å². The van der Waals surface area contributed by atoms with Gasteiger partial charge in [-0.3, -0.25) is 0 Å². The molecule has 0 aromatic rings. The van der Waals surface area contributed by atoms with E-state index in [0.29, 0.717) is 11.8 Å². The molecule has 0 aromatic carbocycles. The van der Waals surface area contributed by atoms with Crippen molar-refractivity contribution in [3.8, 4) is 0 Å². The average molecular weight is 180 g/mol. The summed E-state index contributed by atoms with van der Waals surface area (Å²) in [7, 11) is 0. The molecule has 1 heteroatoms. The van der Waals surface area contributed by atoms with Gasteiger partial charge in [-0.15, -0.1) is 0 Å². The molecule has 74 valence electrons. The Morgan fingerprint density at radius 2 is 2.31 bits per heavy atom. The van der Waals surface area contributed by atoms with Crippen molar-refractivity contribution in [2.45, 2.75) is 39.7 Å². The molecule has 0 spiro atoms. The second kappa shape index (κ2) is 4.10. The molecule has 0 radical (unpaired) electrons. The molecule has 1 nitrogen and oxygen atoms in total. The van der Waals surface area contributed by atoms with Crippen molar-refractivity contribution < 1.29 is 5.11 Å². The fraction of sp³-hybridized carbons (Fsp3) is 0.667. The Kier molecular flexibility index (Phi) is 3.32. The van der Waals surface area contributed by atoms with Gasteiger partial charge < -0.3 is 5.11 Å². The van der Waals surface area contributed by atoms with Gasteiger partial charge in [0.1, 0.15) is 0 Å². The van der Waals surface area contributed by atoms with Gasteiger partial charge in [0.2, 0.25) is 0 Å². The number of hydrogen-bond acceptors (Lipinski definition) is 1. The van der Waals surface area contributed by atoms with Crippen molar-refractivity contribution in [2.75, 3.05) is 0 Å². The lowest BCUT2D eigenvalue weighted by atomic mass is 9.79. The average Bonchev–Trinajstić information content (AvgIpc) is 2.01. The highest BCUT2D eigenvalue weighted by atomic mass is 16.3. The van der Waals surface area contributed by atoms with Gasteiger partial charge in [0.25, 0.3) is 0 Å². The lowest BCUT2D eigenvalue weighted by Gasteiger charge is -2.29. The smallest absolute Gasteiger partial charge is 0.0776 e. The summed E-state index contributed by atoms with van der Waals surface area (Å²) >= 11 is 0. The summed E-state index contributed by atoms with van der Waals surface area (Å²) in [5.74, 6) is 0.991. The Morgan fingerprint density at radius 3 is 2.77 bits per heavy atom. The molecule has 13 heavy (non-hydrogen) atoms. The maximum atomic E-state index is 9.86. The Hall–Kier alpha value is -0.560. The van der Waals surface area contributed by atoms with Crippen LogP contribution in [0.4, 0.5) is 0 Å². The summed E-state index contributed by atoms with van der Waals surface area (Å²) in [6.07, 6.45) is 4.11. The first kappa shape index (κ1) is 10.5. The second-order valence-corrected chi connectivity index (χ2v) is 4.48. The standard InChI is InChI=1S/C12H20O/c1-8(2)12(13)11-6-9(3)5-10(4)7-11/h5,9,11-13H,1,6-7H2,2-4H3. The van der Waals surface area contributed by atoms with Crippen LogP contribution in [-0.4, -0.2) is 11.2 Å². The first-order valence-electron chi connectivity index (χ1n) is 5.01. The van der Waals surface area contributed by atoms with Crippen LogP contribution in [0, 0.1) is 11.8 Å². The van der Waals surface area contributed by atoms with Crippen molar-refractivity contribution in [1.82, 2.24) is 0 Å². The van der Waals surface area contributed by atoms with Crippen molar-refractivity contribution in [2.24, 2.45) is 11.8 Å². The predicted octanol–water partition coefficient (Wildman–Crippen LogP) is 2.92. The van der Waals surface area contributed by atoms with Crippen LogP contribution in [-0.2, 0) is 0 Å². The maximum Gasteiger partial charge on any atom is 0.0776 e. The van der Waals surface area contributed by atoms with Gasteiger partial charge in [-0.25, -0.2) is 0 Å². The van der Waals surface area contributed by atoms with E-state index in [9.17, 15) is 5.11 Å². The molecular formula is C12H20O. The fourth-order valence-electron chi connectivity index (χ4n) is 2.24. The van der Waals surface area contributed by atoms with E-state index in [1.165, 1.54) is 5.57 Å². The fourth-order valence-corrected chi connectivity index (χ4v) is 2.24. The molecule has 0 aromatic heterocycles. The van der Waals surface area contributed by atoms with Crippen LogP contribution in [0.1, 0.15) is 33.6 Å². The Labute approximate surface area is 81.2 Å². The van der Waals surface area contributed by atoms with Crippen LogP contribution in [0.2, 0.25) is 0 Å². The van der Waals surface area contributed by atoms with Crippen LogP contribution in [0.15, 0.2) is 23.8 Å². The highest BCUT2D eigenvalue weighted by molar-refractivity contribution is 5.11. The topological polar surface area (TPSA) is 20.2 Å². The van der Waals surface area contributed by atoms with E-state index in [1.54, 1.807) is 0 Å². The third-order valence-corrected chi connectivity index (χ3v) is 2.78. The number of aliphatic hydroxyl groups is 1. The van der Waals surface area contributed by atoms with Crippen LogP contribution in [0.3, 0.4) is 0 Å². The van der Waals surface area contributed by atoms with Gasteiger partial charge in [-0.1, -0.05) is 30.7 Å². The van der Waals surface area contributed by atoms with Crippen molar-refractivity contribution in [1.29, 1.82) is 0 Å². The van der Waals surface area contributed by atoms with Gasteiger partial charge in [-0.05, 0) is 38.5 Å². The summed E-state index contributed by atoms with van der Waals surface area (Å²) in [5, 5.41) is 9.86. The van der Waals surface area contributed by atoms with Crippen molar-refractivity contribution in [3.05, 3.63) is 23.8 Å². The van der Waals surface area contributed by atoms with Gasteiger partial charge in [-0.2, -0.15) is 0 Å². The number of aliphatic hydroxyl groups excluding tert-OH is 1. The predicted molar refractivity (Wildman–Crippen MR) is 56.5 cm³/mol. The molecule has 0 aliphatic heterocycles. The van der Waals surface area contributed by atoms with Crippen LogP contribution < -0.4 is 0 Å². The SMILES string of the molecule is C=C(C)C(O)C1CC(C)=CC(C)C1. The minimum atomic E-state index is -0.314. The molecule has 3 atom stereocenters. The molecule has 0 bridgehead atoms. The molecule has 1 N–H and O–H groups in total. The number of hydrogen-bond donors (Lipinski definition) is 1. The third kappa shape index (κ3) is 2.70. The largest absolute Gasteiger partial charge is 0.388 e. The van der Waals surface area contributed by atoms with Gasteiger partial charge >= 0.3 is 0 Å². The van der Waals surface area contributed by atoms with Gasteiger partial charge in [0.05, 0.1) is 6.10 Å². The van der Waals surface area contributed by atoms with E-state index in [1.807, 2.05) is 6.92 Å². The summed E-state index contributed by atoms with van der Waals surface area (Å²) in [6, 6.07) is 0. The lowest BCUT2D eigenvalue weighted by Crippen LogP contribution is -2.25. The Morgan fingerprint density at radius 1 is 1.69 bits per heavy atom. The van der Waals surface area contributed by atoms with E-state index < -0.39 is 0 Å². The molecule has 1 rings (SSSR count). The lowest BCUT2D eigenvalue weighted by molar-refractivity contribution is 0.125. The molecule has 0 saturated carbocycles. The normalized spacial score (nSPS) is 30.9. The summed E-state index contributed by atoms with van der Waals surface area (Å²) in [4.78, 5) is 0. The molecule has 3 unspecified atom stereocenters. The van der Waals surface area contributed by atoms with Gasteiger partial charge in [0, 0.05) is 0 Å². The summed E-state index contributed by atoms with van der Waals surface area (Å²) < 4.78 is 0. The Balaban J connectivity index is 2.64. The van der Waals surface area contributed by atoms with Crippen LogP contribution in [0.5, 0.6) is 0 Å². The highest BCUT2D eigenvalue weighted by Gasteiger charge is 2.24. The molecule has 0 saturated heterocycles. The zero-order valence-corrected chi connectivity index (χ0v) is 8.88. The molecule has 0 amide bonds. The zero-order chi connectivity index (χ0) is 10.0. The van der Waals surface area contributed by atoms with E-state index in [4.69, 9.17) is 0 Å². The second-order valence-electron chi connectivity index (χ2n) is 4.48. The van der Waals surface area contributed by atoms with Crippen molar-refractivity contribution in [3.63, 3.8) is 0 Å². The molecule has 0 heterocycles. The van der Waals surface area contributed by atoms with Crippen LogP contribution >= 0.6 is 0 Å². The molecule has 1 aliphatic carbocycles. The summed E-state index contributed by atoms with van der Waals surface area (Å²) in [5.41, 5.74) is 2.30. The minimum absolute atomic E-state index is 0.314. The molecule has 0 fully saturated rings. The van der Waals surface area contributed by atoms with E-state index in [2.05, 4.69) is 26.5 Å². The third-order valence-electron chi connectivity index (χ3n) is 2.78. The van der Waals surface area contributed by atoms with E-state index >= 15 is 0 Å². The Bertz CT molecular complexity index is 227. The monoisotopic (exact) mass is 180 g/mol. The van der Waals surface area contributed by atoms with Crippen molar-refractivity contribution >= 4 is 0 Å². The first-order chi connectivity index (χ1) is 6.00. The quantitative estimate of drug-likeness (QED) is 0.648. The maximum absolute atomic E-state index is 9.86. The number of rotatable bonds is 2. The van der Waals surface area contributed by atoms with Gasteiger partial charge in [0.15, 0.2) is 0 Å². The number of allylic oxidation sites excluding steroid dienone is 2. The molecular weight excluding hydrogens is 160 g/mol. The van der Waals surface area contributed by atoms with Crippen LogP contribution in [0.25, 0.3) is 0 Å². The minimum Gasteiger partial charge on any atom is -0.388 e. The molecule has 1 aliphatic rings. The first-order valence-corrected chi connectivity index (χ1v) is 5.01. The highest BCUT2D eigenvalue weighted by Crippen LogP contribution is 2.31. The zero-order valence-electron chi connectivity index (χ0n) is 8.88. The van der Waals surface area contributed by atoms with E-state index in [-0.39, 0.29) is 6.10 Å².